The molecule has 0 amide bonds. The highest BCUT2D eigenvalue weighted by atomic mass is 16.6. The van der Waals surface area contributed by atoms with E-state index in [2.05, 4.69) is 0 Å². The van der Waals surface area contributed by atoms with E-state index in [0.717, 1.165) is 12.8 Å². The van der Waals surface area contributed by atoms with E-state index in [9.17, 15) is 9.59 Å². The van der Waals surface area contributed by atoms with Crippen molar-refractivity contribution in [3.8, 4) is 11.4 Å². The van der Waals surface area contributed by atoms with Gasteiger partial charge in [-0.2, -0.15) is 0 Å². The van der Waals surface area contributed by atoms with Crippen LogP contribution in [-0.4, -0.2) is 37.0 Å². The zero-order chi connectivity index (χ0) is 19.5. The van der Waals surface area contributed by atoms with Gasteiger partial charge in [-0.25, -0.2) is 4.79 Å². The molecule has 0 spiro atoms. The quantitative estimate of drug-likeness (QED) is 0.636. The number of hydrogen-bond donors (Lipinski definition) is 0. The third-order valence-electron chi connectivity index (χ3n) is 4.92. The van der Waals surface area contributed by atoms with E-state index < -0.39 is 5.97 Å². The second-order valence-electron chi connectivity index (χ2n) is 6.70. The molecule has 0 unspecified atom stereocenters. The first-order chi connectivity index (χ1) is 13.7. The lowest BCUT2D eigenvalue weighted by molar-refractivity contribution is 0.0162. The van der Waals surface area contributed by atoms with Crippen molar-refractivity contribution < 1.29 is 19.0 Å². The third kappa shape index (κ3) is 3.51. The van der Waals surface area contributed by atoms with Crippen molar-refractivity contribution in [1.82, 2.24) is 4.57 Å². The average molecular weight is 379 g/mol. The number of methoxy groups -OCH3 is 1. The SMILES string of the molecule is COc1ccc(-n2cc(C(=O)OC[C@H]3CCCO3)c3ccccc3c2=O)cc1. The fraction of sp³-hybridized carbons (Fsp3) is 0.273. The molecule has 144 valence electrons. The molecule has 0 saturated carbocycles. The lowest BCUT2D eigenvalue weighted by Gasteiger charge is -2.14. The zero-order valence-corrected chi connectivity index (χ0v) is 15.6. The number of ether oxygens (including phenoxy) is 3. The number of nitrogens with zero attached hydrogens (tertiary/aromatic N) is 1. The Bertz CT molecular complexity index is 1050. The third-order valence-corrected chi connectivity index (χ3v) is 4.92. The van der Waals surface area contributed by atoms with Crippen molar-refractivity contribution in [2.75, 3.05) is 20.3 Å². The van der Waals surface area contributed by atoms with Crippen LogP contribution in [0.2, 0.25) is 0 Å². The standard InChI is InChI=1S/C22H21NO5/c1-26-16-10-8-15(9-11-16)23-13-20(18-6-2-3-7-19(18)21(23)24)22(25)28-14-17-5-4-12-27-17/h2-3,6-11,13,17H,4-5,12,14H2,1H3/t17-/m1/s1. The molecule has 0 aliphatic carbocycles. The first-order valence-electron chi connectivity index (χ1n) is 9.25. The Morgan fingerprint density at radius 2 is 1.89 bits per heavy atom. The van der Waals surface area contributed by atoms with Crippen LogP contribution in [0.25, 0.3) is 16.5 Å². The van der Waals surface area contributed by atoms with E-state index in [1.54, 1.807) is 61.8 Å². The lowest BCUT2D eigenvalue weighted by Crippen LogP contribution is -2.23. The number of benzene rings is 2. The summed E-state index contributed by atoms with van der Waals surface area (Å²) >= 11 is 0. The van der Waals surface area contributed by atoms with Gasteiger partial charge in [0.1, 0.15) is 12.4 Å². The van der Waals surface area contributed by atoms with E-state index in [0.29, 0.717) is 34.4 Å². The van der Waals surface area contributed by atoms with Gasteiger partial charge in [0.05, 0.1) is 18.8 Å². The van der Waals surface area contributed by atoms with E-state index in [1.807, 2.05) is 0 Å². The molecule has 1 aliphatic heterocycles. The van der Waals surface area contributed by atoms with Crippen molar-refractivity contribution >= 4 is 16.7 Å². The second kappa shape index (κ2) is 7.86. The molecule has 0 bridgehead atoms. The summed E-state index contributed by atoms with van der Waals surface area (Å²) in [7, 11) is 1.58. The van der Waals surface area contributed by atoms with Crippen LogP contribution in [-0.2, 0) is 9.47 Å². The molecule has 1 aliphatic rings. The van der Waals surface area contributed by atoms with E-state index in [1.165, 1.54) is 4.57 Å². The van der Waals surface area contributed by atoms with Crippen molar-refractivity contribution in [3.05, 3.63) is 70.6 Å². The highest BCUT2D eigenvalue weighted by Crippen LogP contribution is 2.21. The van der Waals surface area contributed by atoms with Crippen molar-refractivity contribution in [3.63, 3.8) is 0 Å². The molecule has 1 fully saturated rings. The molecule has 28 heavy (non-hydrogen) atoms. The lowest BCUT2D eigenvalue weighted by atomic mass is 10.1. The zero-order valence-electron chi connectivity index (χ0n) is 15.6. The summed E-state index contributed by atoms with van der Waals surface area (Å²) in [4.78, 5) is 25.8. The minimum absolute atomic E-state index is 0.0530. The van der Waals surface area contributed by atoms with Gasteiger partial charge in [-0.3, -0.25) is 9.36 Å². The van der Waals surface area contributed by atoms with Crippen LogP contribution in [0, 0.1) is 0 Å². The molecule has 1 saturated heterocycles. The van der Waals surface area contributed by atoms with Gasteiger partial charge in [-0.15, -0.1) is 0 Å². The number of carbonyl (C=O) groups excluding carboxylic acids is 1. The summed E-state index contributed by atoms with van der Waals surface area (Å²) in [6, 6.07) is 14.2. The van der Waals surface area contributed by atoms with Gasteiger partial charge >= 0.3 is 5.97 Å². The second-order valence-corrected chi connectivity index (χ2v) is 6.70. The Kier molecular flexibility index (Phi) is 5.12. The summed E-state index contributed by atoms with van der Waals surface area (Å²) in [5.74, 6) is 0.225. The molecular weight excluding hydrogens is 358 g/mol. The number of hydrogen-bond acceptors (Lipinski definition) is 5. The summed E-state index contributed by atoms with van der Waals surface area (Å²) in [6.45, 7) is 0.919. The monoisotopic (exact) mass is 379 g/mol. The largest absolute Gasteiger partial charge is 0.497 e. The van der Waals surface area contributed by atoms with Crippen LogP contribution in [0.1, 0.15) is 23.2 Å². The number of esters is 1. The number of carbonyl (C=O) groups is 1. The highest BCUT2D eigenvalue weighted by Gasteiger charge is 2.21. The van der Waals surface area contributed by atoms with Gasteiger partial charge in [0.15, 0.2) is 0 Å². The minimum atomic E-state index is -0.464. The molecule has 0 radical (unpaired) electrons. The maximum absolute atomic E-state index is 13.0. The average Bonchev–Trinajstić information content (AvgIpc) is 3.26. The van der Waals surface area contributed by atoms with Crippen LogP contribution in [0.15, 0.2) is 59.5 Å². The van der Waals surface area contributed by atoms with Gasteiger partial charge in [0.25, 0.3) is 5.56 Å². The van der Waals surface area contributed by atoms with Crippen molar-refractivity contribution in [1.29, 1.82) is 0 Å². The summed E-state index contributed by atoms with van der Waals surface area (Å²) in [5, 5.41) is 1.04. The molecular formula is C22H21NO5. The number of aromatic nitrogens is 1. The van der Waals surface area contributed by atoms with Gasteiger partial charge in [-0.05, 0) is 43.2 Å². The van der Waals surface area contributed by atoms with Gasteiger partial charge < -0.3 is 14.2 Å². The molecule has 0 N–H and O–H groups in total. The van der Waals surface area contributed by atoms with Gasteiger partial charge in [-0.1, -0.05) is 18.2 Å². The van der Waals surface area contributed by atoms with Crippen LogP contribution in [0.5, 0.6) is 5.75 Å². The van der Waals surface area contributed by atoms with Crippen molar-refractivity contribution in [2.24, 2.45) is 0 Å². The van der Waals surface area contributed by atoms with Crippen LogP contribution < -0.4 is 10.3 Å². The number of fused-ring (bicyclic) bond motifs is 1. The molecule has 6 heteroatoms. The predicted molar refractivity (Wildman–Crippen MR) is 105 cm³/mol. The Labute approximate surface area is 162 Å². The molecule has 4 rings (SSSR count). The predicted octanol–water partition coefficient (Wildman–Crippen LogP) is 3.34. The highest BCUT2D eigenvalue weighted by molar-refractivity contribution is 6.04. The topological polar surface area (TPSA) is 66.8 Å². The van der Waals surface area contributed by atoms with E-state index in [4.69, 9.17) is 14.2 Å². The fourth-order valence-corrected chi connectivity index (χ4v) is 3.41. The van der Waals surface area contributed by atoms with Crippen LogP contribution in [0.3, 0.4) is 0 Å². The first-order valence-corrected chi connectivity index (χ1v) is 9.25. The summed E-state index contributed by atoms with van der Waals surface area (Å²) in [5.41, 5.74) is 0.796. The Morgan fingerprint density at radius 1 is 1.14 bits per heavy atom. The van der Waals surface area contributed by atoms with Crippen LogP contribution >= 0.6 is 0 Å². The molecule has 6 nitrogen and oxygen atoms in total. The number of pyridine rings is 1. The van der Waals surface area contributed by atoms with E-state index in [-0.39, 0.29) is 18.3 Å². The van der Waals surface area contributed by atoms with Gasteiger partial charge in [0.2, 0.25) is 0 Å². The molecule has 3 aromatic rings. The Hall–Kier alpha value is -3.12. The fourth-order valence-electron chi connectivity index (χ4n) is 3.41. The smallest absolute Gasteiger partial charge is 0.340 e. The minimum Gasteiger partial charge on any atom is -0.497 e. The Balaban J connectivity index is 1.75. The first kappa shape index (κ1) is 18.3. The summed E-state index contributed by atoms with van der Waals surface area (Å²) in [6.07, 6.45) is 3.36. The van der Waals surface area contributed by atoms with Crippen molar-refractivity contribution in [2.45, 2.75) is 18.9 Å². The maximum atomic E-state index is 13.0. The normalized spacial score (nSPS) is 16.2. The molecule has 1 aromatic heterocycles. The van der Waals surface area contributed by atoms with E-state index >= 15 is 0 Å². The molecule has 1 atom stereocenters. The summed E-state index contributed by atoms with van der Waals surface area (Å²) < 4.78 is 17.6. The van der Waals surface area contributed by atoms with Gasteiger partial charge in [0, 0.05) is 29.3 Å². The van der Waals surface area contributed by atoms with Crippen LogP contribution in [0.4, 0.5) is 0 Å². The Morgan fingerprint density at radius 3 is 2.57 bits per heavy atom. The molecule has 2 aromatic carbocycles. The molecule has 2 heterocycles. The number of rotatable bonds is 5. The maximum Gasteiger partial charge on any atom is 0.340 e.